The number of epoxide rings is 1. The molecule has 0 saturated carbocycles. The van der Waals surface area contributed by atoms with Crippen molar-refractivity contribution in [2.24, 2.45) is 5.73 Å². The molecule has 6 heteroatoms. The first-order valence-electron chi connectivity index (χ1n) is 6.64. The van der Waals surface area contributed by atoms with Crippen LogP contribution < -0.4 is 10.5 Å². The molecule has 1 aliphatic rings. The number of amides is 1. The molecule has 1 heterocycles. The van der Waals surface area contributed by atoms with Gasteiger partial charge in [0, 0.05) is 10.6 Å². The van der Waals surface area contributed by atoms with Crippen LogP contribution in [-0.4, -0.2) is 12.0 Å². The van der Waals surface area contributed by atoms with Gasteiger partial charge in [0.15, 0.2) is 5.60 Å². The van der Waals surface area contributed by atoms with Gasteiger partial charge in [-0.3, -0.25) is 4.79 Å². The van der Waals surface area contributed by atoms with Crippen LogP contribution >= 0.6 is 23.2 Å². The van der Waals surface area contributed by atoms with Crippen LogP contribution in [0.4, 0.5) is 0 Å². The molecule has 114 valence electrons. The molecular formula is C16H13Cl2NO3. The van der Waals surface area contributed by atoms with Gasteiger partial charge in [0.25, 0.3) is 5.91 Å². The predicted molar refractivity (Wildman–Crippen MR) is 84.4 cm³/mol. The summed E-state index contributed by atoms with van der Waals surface area (Å²) in [5.41, 5.74) is 4.86. The monoisotopic (exact) mass is 337 g/mol. The molecule has 2 aromatic rings. The highest BCUT2D eigenvalue weighted by Gasteiger charge is 2.61. The Balaban J connectivity index is 1.87. The van der Waals surface area contributed by atoms with Crippen LogP contribution in [0, 0.1) is 0 Å². The van der Waals surface area contributed by atoms with Gasteiger partial charge in [-0.1, -0.05) is 29.3 Å². The zero-order chi connectivity index (χ0) is 15.9. The number of primary amides is 1. The Morgan fingerprint density at radius 3 is 2.27 bits per heavy atom. The summed E-state index contributed by atoms with van der Waals surface area (Å²) in [6, 6.07) is 12.0. The lowest BCUT2D eigenvalue weighted by molar-refractivity contribution is -0.123. The van der Waals surface area contributed by atoms with E-state index in [2.05, 4.69) is 0 Å². The van der Waals surface area contributed by atoms with Crippen LogP contribution in [0.25, 0.3) is 0 Å². The molecule has 0 aliphatic carbocycles. The number of rotatable bonds is 4. The van der Waals surface area contributed by atoms with Crippen LogP contribution in [0.5, 0.6) is 11.5 Å². The molecule has 0 bridgehead atoms. The number of benzene rings is 2. The second-order valence-corrected chi connectivity index (χ2v) is 5.90. The Morgan fingerprint density at radius 1 is 1.18 bits per heavy atom. The van der Waals surface area contributed by atoms with Crippen molar-refractivity contribution in [3.8, 4) is 11.5 Å². The van der Waals surface area contributed by atoms with Crippen molar-refractivity contribution in [2.45, 2.75) is 18.6 Å². The minimum atomic E-state index is -1.13. The van der Waals surface area contributed by atoms with Gasteiger partial charge in [0.05, 0.1) is 11.1 Å². The van der Waals surface area contributed by atoms with E-state index in [0.29, 0.717) is 27.1 Å². The molecule has 1 aliphatic heterocycles. The molecule has 4 nitrogen and oxygen atoms in total. The van der Waals surface area contributed by atoms with Gasteiger partial charge in [-0.25, -0.2) is 0 Å². The molecule has 0 radical (unpaired) electrons. The van der Waals surface area contributed by atoms with Crippen LogP contribution in [-0.2, 0) is 15.1 Å². The summed E-state index contributed by atoms with van der Waals surface area (Å²) < 4.78 is 11.1. The minimum Gasteiger partial charge on any atom is -0.457 e. The van der Waals surface area contributed by atoms with Gasteiger partial charge >= 0.3 is 0 Å². The Hall–Kier alpha value is -1.75. The maximum atomic E-state index is 11.6. The SMILES string of the molecule is CC1OC1(C(N)=O)c1ccc(Oc2ccc(Cl)cc2)cc1Cl. The summed E-state index contributed by atoms with van der Waals surface area (Å²) >= 11 is 12.1. The molecule has 2 unspecified atom stereocenters. The zero-order valence-electron chi connectivity index (χ0n) is 11.7. The third kappa shape index (κ3) is 2.54. The normalized spacial score (nSPS) is 23.1. The van der Waals surface area contributed by atoms with Crippen molar-refractivity contribution < 1.29 is 14.3 Å². The van der Waals surface area contributed by atoms with Crippen molar-refractivity contribution in [2.75, 3.05) is 0 Å². The molecule has 22 heavy (non-hydrogen) atoms. The van der Waals surface area contributed by atoms with E-state index < -0.39 is 11.5 Å². The fourth-order valence-electron chi connectivity index (χ4n) is 2.42. The average Bonchev–Trinajstić information content (AvgIpc) is 3.14. The van der Waals surface area contributed by atoms with E-state index in [1.165, 1.54) is 0 Å². The van der Waals surface area contributed by atoms with Gasteiger partial charge in [-0.05, 0) is 43.3 Å². The predicted octanol–water partition coefficient (Wildman–Crippen LogP) is 3.89. The number of hydrogen-bond acceptors (Lipinski definition) is 3. The topological polar surface area (TPSA) is 64.8 Å². The first-order chi connectivity index (χ1) is 10.4. The van der Waals surface area contributed by atoms with E-state index in [1.54, 1.807) is 49.4 Å². The number of carbonyl (C=O) groups excluding carboxylic acids is 1. The average molecular weight is 338 g/mol. The van der Waals surface area contributed by atoms with E-state index in [1.807, 2.05) is 0 Å². The standard InChI is InChI=1S/C16H13Cl2NO3/c1-9-16(22-9,15(19)20)13-7-6-12(8-14(13)18)21-11-4-2-10(17)3-5-11/h2-9H,1H3,(H2,19,20). The van der Waals surface area contributed by atoms with Crippen molar-refractivity contribution in [3.05, 3.63) is 58.1 Å². The first-order valence-corrected chi connectivity index (χ1v) is 7.40. The smallest absolute Gasteiger partial charge is 0.257 e. The molecule has 1 amide bonds. The van der Waals surface area contributed by atoms with Crippen LogP contribution in [0.1, 0.15) is 12.5 Å². The maximum Gasteiger partial charge on any atom is 0.257 e. The molecule has 2 atom stereocenters. The first kappa shape index (κ1) is 15.2. The highest BCUT2D eigenvalue weighted by atomic mass is 35.5. The summed E-state index contributed by atoms with van der Waals surface area (Å²) in [4.78, 5) is 11.6. The lowest BCUT2D eigenvalue weighted by atomic mass is 9.95. The van der Waals surface area contributed by atoms with Crippen molar-refractivity contribution in [1.29, 1.82) is 0 Å². The fraction of sp³-hybridized carbons (Fsp3) is 0.188. The van der Waals surface area contributed by atoms with Gasteiger partial charge < -0.3 is 15.2 Å². The van der Waals surface area contributed by atoms with E-state index in [9.17, 15) is 4.79 Å². The summed E-state index contributed by atoms with van der Waals surface area (Å²) in [5, 5.41) is 0.999. The molecule has 3 rings (SSSR count). The lowest BCUT2D eigenvalue weighted by Crippen LogP contribution is -2.31. The third-order valence-electron chi connectivity index (χ3n) is 3.63. The Kier molecular flexibility index (Phi) is 3.77. The summed E-state index contributed by atoms with van der Waals surface area (Å²) in [5.74, 6) is 0.631. The molecule has 0 aromatic heterocycles. The van der Waals surface area contributed by atoms with Crippen molar-refractivity contribution in [1.82, 2.24) is 0 Å². The van der Waals surface area contributed by atoms with E-state index >= 15 is 0 Å². The molecule has 1 fully saturated rings. The largest absolute Gasteiger partial charge is 0.457 e. The summed E-state index contributed by atoms with van der Waals surface area (Å²) in [6.45, 7) is 1.78. The molecule has 1 saturated heterocycles. The van der Waals surface area contributed by atoms with E-state index in [4.69, 9.17) is 38.4 Å². The quantitative estimate of drug-likeness (QED) is 0.861. The van der Waals surface area contributed by atoms with Crippen LogP contribution in [0.3, 0.4) is 0 Å². The lowest BCUT2D eigenvalue weighted by Gasteiger charge is -2.13. The fourth-order valence-corrected chi connectivity index (χ4v) is 2.85. The van der Waals surface area contributed by atoms with Gasteiger partial charge in [-0.2, -0.15) is 0 Å². The van der Waals surface area contributed by atoms with Gasteiger partial charge in [-0.15, -0.1) is 0 Å². The number of hydrogen-bond donors (Lipinski definition) is 1. The number of ether oxygens (including phenoxy) is 2. The van der Waals surface area contributed by atoms with Gasteiger partial charge in [0.1, 0.15) is 11.5 Å². The Morgan fingerprint density at radius 2 is 1.77 bits per heavy atom. The second-order valence-electron chi connectivity index (χ2n) is 5.06. The van der Waals surface area contributed by atoms with E-state index in [-0.39, 0.29) is 6.10 Å². The number of carbonyl (C=O) groups is 1. The van der Waals surface area contributed by atoms with Crippen LogP contribution in [0.2, 0.25) is 10.0 Å². The number of halogens is 2. The molecular weight excluding hydrogens is 325 g/mol. The van der Waals surface area contributed by atoms with Gasteiger partial charge in [0.2, 0.25) is 0 Å². The minimum absolute atomic E-state index is 0.287. The summed E-state index contributed by atoms with van der Waals surface area (Å²) in [7, 11) is 0. The highest BCUT2D eigenvalue weighted by molar-refractivity contribution is 6.32. The third-order valence-corrected chi connectivity index (χ3v) is 4.20. The Bertz CT molecular complexity index is 733. The molecule has 0 spiro atoms. The second kappa shape index (κ2) is 5.47. The van der Waals surface area contributed by atoms with Crippen molar-refractivity contribution >= 4 is 29.1 Å². The molecule has 2 N–H and O–H groups in total. The maximum absolute atomic E-state index is 11.6. The van der Waals surface area contributed by atoms with Crippen LogP contribution in [0.15, 0.2) is 42.5 Å². The molecule has 2 aromatic carbocycles. The zero-order valence-corrected chi connectivity index (χ0v) is 13.2. The Labute approximate surface area is 137 Å². The summed E-state index contributed by atoms with van der Waals surface area (Å²) in [6.07, 6.45) is -0.287. The van der Waals surface area contributed by atoms with Crippen molar-refractivity contribution in [3.63, 3.8) is 0 Å². The highest BCUT2D eigenvalue weighted by Crippen LogP contribution is 2.49. The number of nitrogens with two attached hydrogens (primary N) is 1. The van der Waals surface area contributed by atoms with E-state index in [0.717, 1.165) is 0 Å².